The van der Waals surface area contributed by atoms with Gasteiger partial charge in [0.05, 0.1) is 22.1 Å². The molecule has 0 saturated carbocycles. The van der Waals surface area contributed by atoms with Crippen molar-refractivity contribution < 1.29 is 9.18 Å². The molecule has 0 unspecified atom stereocenters. The first kappa shape index (κ1) is 17.5. The second-order valence-electron chi connectivity index (χ2n) is 6.52. The number of nitrogens with one attached hydrogen (secondary N) is 1. The van der Waals surface area contributed by atoms with E-state index in [2.05, 4.69) is 17.1 Å². The molecule has 1 aliphatic rings. The Balaban J connectivity index is 1.82. The zero-order valence-corrected chi connectivity index (χ0v) is 14.8. The summed E-state index contributed by atoms with van der Waals surface area (Å²) >= 11 is 6.25. The third kappa shape index (κ3) is 4.04. The number of hydrogen-bond donors (Lipinski definition) is 2. The first-order valence-electron chi connectivity index (χ1n) is 8.35. The maximum absolute atomic E-state index is 13.0. The molecule has 132 valence electrons. The molecule has 1 aliphatic heterocycles. The Morgan fingerprint density at radius 3 is 2.52 bits per heavy atom. The molecule has 0 bridgehead atoms. The fraction of sp³-hybridized carbons (Fsp3) is 0.316. The standard InChI is InChI=1S/C19H21ClFN3O/c1-12-6-8-24(9-7-12)18-11-17(15(20)10-16(18)22)23-19(25)13-2-4-14(21)5-3-13/h2-5,10-12H,6-9,22H2,1H3,(H,23,25). The van der Waals surface area contributed by atoms with E-state index >= 15 is 0 Å². The minimum absolute atomic E-state index is 0.343. The van der Waals surface area contributed by atoms with Gasteiger partial charge >= 0.3 is 0 Å². The summed E-state index contributed by atoms with van der Waals surface area (Å²) in [5.74, 6) is -0.0176. The fourth-order valence-electron chi connectivity index (χ4n) is 2.99. The second-order valence-corrected chi connectivity index (χ2v) is 6.93. The molecule has 4 nitrogen and oxygen atoms in total. The Bertz CT molecular complexity index is 771. The number of carbonyl (C=O) groups excluding carboxylic acids is 1. The maximum Gasteiger partial charge on any atom is 0.255 e. The third-order valence-corrected chi connectivity index (χ3v) is 4.91. The van der Waals surface area contributed by atoms with Crippen LogP contribution in [0.15, 0.2) is 36.4 Å². The van der Waals surface area contributed by atoms with Crippen molar-refractivity contribution in [3.05, 3.63) is 52.8 Å². The molecule has 0 spiro atoms. The van der Waals surface area contributed by atoms with Crippen LogP contribution in [0.3, 0.4) is 0 Å². The van der Waals surface area contributed by atoms with E-state index in [1.165, 1.54) is 24.3 Å². The number of nitrogens with two attached hydrogens (primary N) is 1. The predicted octanol–water partition coefficient (Wildman–Crippen LogP) is 4.55. The van der Waals surface area contributed by atoms with Crippen LogP contribution in [-0.4, -0.2) is 19.0 Å². The van der Waals surface area contributed by atoms with Gasteiger partial charge in [0.25, 0.3) is 5.91 Å². The van der Waals surface area contributed by atoms with Gasteiger partial charge in [-0.15, -0.1) is 0 Å². The highest BCUT2D eigenvalue weighted by Gasteiger charge is 2.20. The summed E-state index contributed by atoms with van der Waals surface area (Å²) in [6, 6.07) is 8.84. The van der Waals surface area contributed by atoms with E-state index in [0.29, 0.717) is 27.9 Å². The monoisotopic (exact) mass is 361 g/mol. The molecule has 2 aromatic rings. The summed E-state index contributed by atoms with van der Waals surface area (Å²) in [4.78, 5) is 14.6. The molecular weight excluding hydrogens is 341 g/mol. The van der Waals surface area contributed by atoms with Crippen LogP contribution in [0.1, 0.15) is 30.1 Å². The molecule has 3 N–H and O–H groups in total. The van der Waals surface area contributed by atoms with Crippen molar-refractivity contribution in [2.24, 2.45) is 5.92 Å². The summed E-state index contributed by atoms with van der Waals surface area (Å²) in [5.41, 5.74) is 8.47. The molecule has 0 atom stereocenters. The molecule has 0 aromatic heterocycles. The predicted molar refractivity (Wildman–Crippen MR) is 101 cm³/mol. The van der Waals surface area contributed by atoms with Gasteiger partial charge in [0, 0.05) is 18.7 Å². The van der Waals surface area contributed by atoms with E-state index in [9.17, 15) is 9.18 Å². The van der Waals surface area contributed by atoms with Crippen molar-refractivity contribution in [3.8, 4) is 0 Å². The molecule has 0 radical (unpaired) electrons. The van der Waals surface area contributed by atoms with Crippen LogP contribution in [0.2, 0.25) is 5.02 Å². The number of nitrogens with zero attached hydrogens (tertiary/aromatic N) is 1. The lowest BCUT2D eigenvalue weighted by molar-refractivity contribution is 0.102. The minimum Gasteiger partial charge on any atom is -0.397 e. The Labute approximate surface area is 151 Å². The summed E-state index contributed by atoms with van der Waals surface area (Å²) in [7, 11) is 0. The van der Waals surface area contributed by atoms with Crippen molar-refractivity contribution in [1.29, 1.82) is 0 Å². The number of halogens is 2. The SMILES string of the molecule is CC1CCN(c2cc(NC(=O)c3ccc(F)cc3)c(Cl)cc2N)CC1. The normalized spacial score (nSPS) is 15.2. The van der Waals surface area contributed by atoms with Crippen LogP contribution < -0.4 is 16.0 Å². The first-order chi connectivity index (χ1) is 11.9. The highest BCUT2D eigenvalue weighted by molar-refractivity contribution is 6.34. The number of anilines is 3. The molecular formula is C19H21ClFN3O. The van der Waals surface area contributed by atoms with Crippen molar-refractivity contribution in [3.63, 3.8) is 0 Å². The highest BCUT2D eigenvalue weighted by atomic mass is 35.5. The highest BCUT2D eigenvalue weighted by Crippen LogP contribution is 2.35. The lowest BCUT2D eigenvalue weighted by Gasteiger charge is -2.33. The molecule has 25 heavy (non-hydrogen) atoms. The Morgan fingerprint density at radius 1 is 1.24 bits per heavy atom. The van der Waals surface area contributed by atoms with E-state index in [1.807, 2.05) is 6.07 Å². The molecule has 1 amide bonds. The minimum atomic E-state index is -0.385. The number of rotatable bonds is 3. The molecule has 0 aliphatic carbocycles. The first-order valence-corrected chi connectivity index (χ1v) is 8.72. The number of hydrogen-bond acceptors (Lipinski definition) is 3. The topological polar surface area (TPSA) is 58.4 Å². The Kier molecular flexibility index (Phi) is 5.13. The van der Waals surface area contributed by atoms with Crippen molar-refractivity contribution in [2.45, 2.75) is 19.8 Å². The largest absolute Gasteiger partial charge is 0.397 e. The van der Waals surface area contributed by atoms with Gasteiger partial charge in [0.15, 0.2) is 0 Å². The van der Waals surface area contributed by atoms with Crippen LogP contribution in [0, 0.1) is 11.7 Å². The van der Waals surface area contributed by atoms with E-state index in [-0.39, 0.29) is 11.7 Å². The molecule has 1 heterocycles. The van der Waals surface area contributed by atoms with Crippen molar-refractivity contribution in [2.75, 3.05) is 29.0 Å². The number of piperidine rings is 1. The van der Waals surface area contributed by atoms with E-state index in [0.717, 1.165) is 31.6 Å². The quantitative estimate of drug-likeness (QED) is 0.788. The van der Waals surface area contributed by atoms with Crippen molar-refractivity contribution in [1.82, 2.24) is 0 Å². The Hall–Kier alpha value is -2.27. The smallest absolute Gasteiger partial charge is 0.255 e. The van der Waals surface area contributed by atoms with Gasteiger partial charge in [-0.3, -0.25) is 4.79 Å². The number of benzene rings is 2. The zero-order valence-electron chi connectivity index (χ0n) is 14.1. The summed E-state index contributed by atoms with van der Waals surface area (Å²) in [6.45, 7) is 4.10. The maximum atomic E-state index is 13.0. The van der Waals surface area contributed by atoms with E-state index in [4.69, 9.17) is 17.3 Å². The van der Waals surface area contributed by atoms with E-state index in [1.54, 1.807) is 6.07 Å². The number of carbonyl (C=O) groups is 1. The van der Waals surface area contributed by atoms with Gasteiger partial charge in [-0.1, -0.05) is 18.5 Å². The summed E-state index contributed by atoms with van der Waals surface area (Å²) in [5, 5.41) is 3.16. The Morgan fingerprint density at radius 2 is 1.88 bits per heavy atom. The van der Waals surface area contributed by atoms with Crippen LogP contribution in [-0.2, 0) is 0 Å². The van der Waals surface area contributed by atoms with Gasteiger partial charge in [0.1, 0.15) is 5.82 Å². The lowest BCUT2D eigenvalue weighted by atomic mass is 9.98. The van der Waals surface area contributed by atoms with Gasteiger partial charge in [0.2, 0.25) is 0 Å². The average Bonchev–Trinajstić information content (AvgIpc) is 2.59. The van der Waals surface area contributed by atoms with Gasteiger partial charge in [-0.25, -0.2) is 4.39 Å². The summed E-state index contributed by atoms with van der Waals surface area (Å²) < 4.78 is 13.0. The van der Waals surface area contributed by atoms with Gasteiger partial charge in [-0.2, -0.15) is 0 Å². The van der Waals surface area contributed by atoms with E-state index < -0.39 is 0 Å². The number of nitrogen functional groups attached to an aromatic ring is 1. The van der Waals surface area contributed by atoms with Crippen LogP contribution in [0.25, 0.3) is 0 Å². The van der Waals surface area contributed by atoms with Gasteiger partial charge < -0.3 is 16.0 Å². The molecule has 1 saturated heterocycles. The molecule has 6 heteroatoms. The van der Waals surface area contributed by atoms with Gasteiger partial charge in [-0.05, 0) is 55.2 Å². The molecule has 1 fully saturated rings. The molecule has 3 rings (SSSR count). The lowest BCUT2D eigenvalue weighted by Crippen LogP contribution is -2.33. The zero-order chi connectivity index (χ0) is 18.0. The average molecular weight is 362 g/mol. The number of amides is 1. The fourth-order valence-corrected chi connectivity index (χ4v) is 3.21. The van der Waals surface area contributed by atoms with Crippen LogP contribution in [0.5, 0.6) is 0 Å². The van der Waals surface area contributed by atoms with Crippen LogP contribution >= 0.6 is 11.6 Å². The van der Waals surface area contributed by atoms with Crippen molar-refractivity contribution >= 4 is 34.6 Å². The second kappa shape index (κ2) is 7.31. The summed E-state index contributed by atoms with van der Waals surface area (Å²) in [6.07, 6.45) is 2.22. The molecule has 2 aromatic carbocycles. The van der Waals surface area contributed by atoms with Crippen LogP contribution in [0.4, 0.5) is 21.5 Å². The third-order valence-electron chi connectivity index (χ3n) is 4.60.